The third-order valence-corrected chi connectivity index (χ3v) is 5.66. The lowest BCUT2D eigenvalue weighted by Gasteiger charge is -2.36. The summed E-state index contributed by atoms with van der Waals surface area (Å²) in [5.74, 6) is 3.70. The molecule has 0 bridgehead atoms. The third-order valence-electron chi connectivity index (χ3n) is 5.66. The summed E-state index contributed by atoms with van der Waals surface area (Å²) in [6.07, 6.45) is 4.36. The van der Waals surface area contributed by atoms with Crippen molar-refractivity contribution >= 4 is 22.7 Å². The number of benzene rings is 1. The molecule has 138 valence electrons. The van der Waals surface area contributed by atoms with Gasteiger partial charge in [-0.15, -0.1) is 0 Å². The van der Waals surface area contributed by atoms with Crippen molar-refractivity contribution in [2.45, 2.75) is 32.6 Å². The van der Waals surface area contributed by atoms with Crippen LogP contribution in [0.2, 0.25) is 0 Å². The molecular weight excluding hydrogens is 336 g/mol. The zero-order valence-corrected chi connectivity index (χ0v) is 15.9. The minimum absolute atomic E-state index is 0.581. The molecule has 5 rings (SSSR count). The Kier molecular flexibility index (Phi) is 3.92. The average Bonchev–Trinajstić information content (AvgIpc) is 3.55. The third kappa shape index (κ3) is 3.09. The van der Waals surface area contributed by atoms with Crippen LogP contribution in [0.15, 0.2) is 30.5 Å². The van der Waals surface area contributed by atoms with Gasteiger partial charge < -0.3 is 9.80 Å². The molecule has 2 aliphatic rings. The van der Waals surface area contributed by atoms with Crippen LogP contribution < -0.4 is 9.80 Å². The number of fused-ring (bicyclic) bond motifs is 1. The van der Waals surface area contributed by atoms with Gasteiger partial charge in [-0.25, -0.2) is 15.0 Å². The summed E-state index contributed by atoms with van der Waals surface area (Å²) in [5, 5.41) is 0. The number of hydrogen-bond acceptors (Lipinski definition) is 6. The molecule has 0 unspecified atom stereocenters. The summed E-state index contributed by atoms with van der Waals surface area (Å²) in [6, 6.07) is 8.03. The highest BCUT2D eigenvalue weighted by Gasteiger charge is 2.29. The molecule has 0 N–H and O–H groups in total. The Balaban J connectivity index is 1.35. The van der Waals surface area contributed by atoms with Crippen LogP contribution in [0, 0.1) is 13.8 Å². The van der Waals surface area contributed by atoms with Gasteiger partial charge in [0.15, 0.2) is 0 Å². The smallest absolute Gasteiger partial charge is 0.147 e. The Labute approximate surface area is 159 Å². The SMILES string of the molecule is Cc1nc(C2CC2)nc(N2CCN(c3cnc4ccccc4n3)CC2)c1C. The van der Waals surface area contributed by atoms with Crippen molar-refractivity contribution in [2.24, 2.45) is 0 Å². The highest BCUT2D eigenvalue weighted by molar-refractivity contribution is 5.75. The predicted octanol–water partition coefficient (Wildman–Crippen LogP) is 3.24. The second-order valence-electron chi connectivity index (χ2n) is 7.58. The summed E-state index contributed by atoms with van der Waals surface area (Å²) in [5.41, 5.74) is 4.22. The number of aryl methyl sites for hydroxylation is 1. The van der Waals surface area contributed by atoms with E-state index in [0.717, 1.165) is 60.4 Å². The fourth-order valence-electron chi connectivity index (χ4n) is 3.71. The van der Waals surface area contributed by atoms with Crippen LogP contribution in [-0.4, -0.2) is 46.1 Å². The van der Waals surface area contributed by atoms with E-state index in [9.17, 15) is 0 Å². The van der Waals surface area contributed by atoms with E-state index in [2.05, 4.69) is 28.6 Å². The van der Waals surface area contributed by atoms with Crippen LogP contribution in [-0.2, 0) is 0 Å². The van der Waals surface area contributed by atoms with Gasteiger partial charge in [-0.1, -0.05) is 12.1 Å². The molecule has 1 aliphatic carbocycles. The summed E-state index contributed by atoms with van der Waals surface area (Å²) < 4.78 is 0. The monoisotopic (exact) mass is 360 g/mol. The fourth-order valence-corrected chi connectivity index (χ4v) is 3.71. The first-order chi connectivity index (χ1) is 13.2. The molecule has 0 radical (unpaired) electrons. The largest absolute Gasteiger partial charge is 0.353 e. The lowest BCUT2D eigenvalue weighted by atomic mass is 10.2. The predicted molar refractivity (Wildman–Crippen MR) is 107 cm³/mol. The molecular formula is C21H24N6. The minimum Gasteiger partial charge on any atom is -0.353 e. The molecule has 2 aromatic heterocycles. The minimum atomic E-state index is 0.581. The molecule has 1 saturated heterocycles. The second kappa shape index (κ2) is 6.44. The van der Waals surface area contributed by atoms with Gasteiger partial charge >= 0.3 is 0 Å². The number of para-hydroxylation sites is 2. The molecule has 1 aliphatic heterocycles. The van der Waals surface area contributed by atoms with Crippen LogP contribution >= 0.6 is 0 Å². The topological polar surface area (TPSA) is 58.0 Å². The van der Waals surface area contributed by atoms with Gasteiger partial charge in [0.1, 0.15) is 17.5 Å². The number of hydrogen-bond donors (Lipinski definition) is 0. The van der Waals surface area contributed by atoms with Crippen LogP contribution in [0.3, 0.4) is 0 Å². The highest BCUT2D eigenvalue weighted by atomic mass is 15.3. The van der Waals surface area contributed by atoms with E-state index >= 15 is 0 Å². The van der Waals surface area contributed by atoms with Crippen molar-refractivity contribution in [3.63, 3.8) is 0 Å². The molecule has 6 heteroatoms. The van der Waals surface area contributed by atoms with Crippen molar-refractivity contribution < 1.29 is 0 Å². The van der Waals surface area contributed by atoms with Crippen LogP contribution in [0.1, 0.15) is 35.8 Å². The van der Waals surface area contributed by atoms with Crippen molar-refractivity contribution in [1.82, 2.24) is 19.9 Å². The van der Waals surface area contributed by atoms with Gasteiger partial charge in [0.25, 0.3) is 0 Å². The molecule has 3 heterocycles. The van der Waals surface area contributed by atoms with E-state index in [1.807, 2.05) is 30.5 Å². The van der Waals surface area contributed by atoms with Gasteiger partial charge in [0.2, 0.25) is 0 Å². The Morgan fingerprint density at radius 2 is 1.56 bits per heavy atom. The molecule has 6 nitrogen and oxygen atoms in total. The lowest BCUT2D eigenvalue weighted by Crippen LogP contribution is -2.47. The highest BCUT2D eigenvalue weighted by Crippen LogP contribution is 2.39. The maximum absolute atomic E-state index is 4.93. The van der Waals surface area contributed by atoms with E-state index in [-0.39, 0.29) is 0 Å². The van der Waals surface area contributed by atoms with Crippen LogP contribution in [0.25, 0.3) is 11.0 Å². The molecule has 2 fully saturated rings. The van der Waals surface area contributed by atoms with Crippen LogP contribution in [0.5, 0.6) is 0 Å². The Hall–Kier alpha value is -2.76. The van der Waals surface area contributed by atoms with Crippen molar-refractivity contribution in [1.29, 1.82) is 0 Å². The second-order valence-corrected chi connectivity index (χ2v) is 7.58. The van der Waals surface area contributed by atoms with Gasteiger partial charge in [0, 0.05) is 43.4 Å². The zero-order valence-electron chi connectivity index (χ0n) is 15.9. The van der Waals surface area contributed by atoms with Crippen molar-refractivity contribution in [3.05, 3.63) is 47.5 Å². The van der Waals surface area contributed by atoms with Gasteiger partial charge in [-0.3, -0.25) is 4.98 Å². The molecule has 0 atom stereocenters. The number of piperazine rings is 1. The average molecular weight is 360 g/mol. The number of anilines is 2. The first-order valence-electron chi connectivity index (χ1n) is 9.76. The molecule has 3 aromatic rings. The van der Waals surface area contributed by atoms with E-state index in [4.69, 9.17) is 15.0 Å². The quantitative estimate of drug-likeness (QED) is 0.715. The molecule has 27 heavy (non-hydrogen) atoms. The summed E-state index contributed by atoms with van der Waals surface area (Å²) in [7, 11) is 0. The van der Waals surface area contributed by atoms with E-state index < -0.39 is 0 Å². The maximum atomic E-state index is 4.93. The lowest BCUT2D eigenvalue weighted by molar-refractivity contribution is 0.636. The molecule has 1 aromatic carbocycles. The number of aromatic nitrogens is 4. The molecule has 0 spiro atoms. The number of rotatable bonds is 3. The Bertz CT molecular complexity index is 989. The Morgan fingerprint density at radius 1 is 0.852 bits per heavy atom. The molecule has 0 amide bonds. The van der Waals surface area contributed by atoms with E-state index in [1.54, 1.807) is 0 Å². The maximum Gasteiger partial charge on any atom is 0.147 e. The fraction of sp³-hybridized carbons (Fsp3) is 0.429. The summed E-state index contributed by atoms with van der Waals surface area (Å²) in [6.45, 7) is 7.98. The first-order valence-corrected chi connectivity index (χ1v) is 9.76. The van der Waals surface area contributed by atoms with Crippen LogP contribution in [0.4, 0.5) is 11.6 Å². The van der Waals surface area contributed by atoms with Crippen molar-refractivity contribution in [2.75, 3.05) is 36.0 Å². The van der Waals surface area contributed by atoms with Gasteiger partial charge in [-0.2, -0.15) is 0 Å². The van der Waals surface area contributed by atoms with Crippen molar-refractivity contribution in [3.8, 4) is 0 Å². The Morgan fingerprint density at radius 3 is 2.30 bits per heavy atom. The van der Waals surface area contributed by atoms with E-state index in [1.165, 1.54) is 18.4 Å². The summed E-state index contributed by atoms with van der Waals surface area (Å²) in [4.78, 5) is 23.7. The number of nitrogens with zero attached hydrogens (tertiary/aromatic N) is 6. The van der Waals surface area contributed by atoms with Gasteiger partial charge in [-0.05, 0) is 38.8 Å². The van der Waals surface area contributed by atoms with E-state index in [0.29, 0.717) is 5.92 Å². The first kappa shape index (κ1) is 16.4. The summed E-state index contributed by atoms with van der Waals surface area (Å²) >= 11 is 0. The zero-order chi connectivity index (χ0) is 18.4. The van der Waals surface area contributed by atoms with Gasteiger partial charge in [0.05, 0.1) is 17.2 Å². The normalized spacial score (nSPS) is 17.6. The molecule has 1 saturated carbocycles. The standard InChI is InChI=1S/C21H24N6/c1-14-15(2)23-20(16-7-8-16)25-21(14)27-11-9-26(10-12-27)19-13-22-17-5-3-4-6-18(17)24-19/h3-6,13,16H,7-12H2,1-2H3.